The smallest absolute Gasteiger partial charge is 0.222 e. The van der Waals surface area contributed by atoms with Gasteiger partial charge in [0.25, 0.3) is 0 Å². The van der Waals surface area contributed by atoms with Crippen LogP contribution in [0.4, 0.5) is 0 Å². The molecule has 1 unspecified atom stereocenters. The van der Waals surface area contributed by atoms with Gasteiger partial charge in [-0.2, -0.15) is 0 Å². The number of ether oxygens (including phenoxy) is 1. The Morgan fingerprint density at radius 1 is 1.60 bits per heavy atom. The quantitative estimate of drug-likeness (QED) is 0.679. The van der Waals surface area contributed by atoms with Gasteiger partial charge in [-0.3, -0.25) is 4.79 Å². The third kappa shape index (κ3) is 4.39. The molecule has 1 saturated heterocycles. The van der Waals surface area contributed by atoms with Gasteiger partial charge in [0.1, 0.15) is 0 Å². The number of nitrogens with zero attached hydrogens (tertiary/aromatic N) is 1. The van der Waals surface area contributed by atoms with E-state index in [1.165, 1.54) is 6.42 Å². The Labute approximate surface area is 96.7 Å². The maximum Gasteiger partial charge on any atom is 0.222 e. The Kier molecular flexibility index (Phi) is 6.03. The molecule has 0 N–H and O–H groups in total. The molecule has 88 valence electrons. The molecule has 3 nitrogen and oxygen atoms in total. The van der Waals surface area contributed by atoms with Crippen LogP contribution in [-0.2, 0) is 9.53 Å². The minimum atomic E-state index is 0.247. The number of carbonyl (C=O) groups excluding carboxylic acids is 1. The molecule has 0 saturated carbocycles. The number of hydrogen-bond acceptors (Lipinski definition) is 2. The summed E-state index contributed by atoms with van der Waals surface area (Å²) in [6.07, 6.45) is 3.64. The predicted molar refractivity (Wildman–Crippen MR) is 61.1 cm³/mol. The monoisotopic (exact) mass is 233 g/mol. The molecule has 1 atom stereocenters. The van der Waals surface area contributed by atoms with Gasteiger partial charge < -0.3 is 9.64 Å². The lowest BCUT2D eigenvalue weighted by Gasteiger charge is -2.32. The second-order valence-electron chi connectivity index (χ2n) is 4.10. The highest BCUT2D eigenvalue weighted by molar-refractivity contribution is 6.17. The van der Waals surface area contributed by atoms with Gasteiger partial charge in [0.2, 0.25) is 5.91 Å². The molecule has 0 spiro atoms. The van der Waals surface area contributed by atoms with Crippen LogP contribution < -0.4 is 0 Å². The van der Waals surface area contributed by atoms with Crippen molar-refractivity contribution < 1.29 is 9.53 Å². The zero-order valence-corrected chi connectivity index (χ0v) is 10.1. The summed E-state index contributed by atoms with van der Waals surface area (Å²) >= 11 is 5.57. The molecule has 1 heterocycles. The third-order valence-electron chi connectivity index (χ3n) is 2.80. The fourth-order valence-corrected chi connectivity index (χ4v) is 2.17. The number of methoxy groups -OCH3 is 1. The third-order valence-corrected chi connectivity index (χ3v) is 3.07. The summed E-state index contributed by atoms with van der Waals surface area (Å²) in [6, 6.07) is 0. The summed E-state index contributed by atoms with van der Waals surface area (Å²) in [6.45, 7) is 2.52. The van der Waals surface area contributed by atoms with Gasteiger partial charge >= 0.3 is 0 Å². The Balaban J connectivity index is 2.31. The highest BCUT2D eigenvalue weighted by atomic mass is 35.5. The normalized spacial score (nSPS) is 21.7. The Bertz CT molecular complexity index is 197. The number of halogens is 1. The zero-order chi connectivity index (χ0) is 11.1. The number of likely N-dealkylation sites (tertiary alicyclic amines) is 1. The fraction of sp³-hybridized carbons (Fsp3) is 0.909. The van der Waals surface area contributed by atoms with Gasteiger partial charge in [-0.25, -0.2) is 0 Å². The molecule has 0 aromatic heterocycles. The Morgan fingerprint density at radius 3 is 3.07 bits per heavy atom. The number of rotatable bonds is 5. The molecule has 1 fully saturated rings. The number of piperidine rings is 1. The van der Waals surface area contributed by atoms with Gasteiger partial charge in [-0.15, -0.1) is 11.6 Å². The van der Waals surface area contributed by atoms with Crippen LogP contribution in [0.15, 0.2) is 0 Å². The van der Waals surface area contributed by atoms with Gasteiger partial charge in [0.15, 0.2) is 0 Å². The molecule has 1 amide bonds. The molecule has 1 rings (SSSR count). The van der Waals surface area contributed by atoms with Crippen molar-refractivity contribution in [3.05, 3.63) is 0 Å². The van der Waals surface area contributed by atoms with E-state index in [4.69, 9.17) is 16.3 Å². The lowest BCUT2D eigenvalue weighted by molar-refractivity contribution is -0.133. The largest absolute Gasteiger partial charge is 0.384 e. The molecule has 0 aliphatic carbocycles. The molecule has 1 aliphatic heterocycles. The van der Waals surface area contributed by atoms with Crippen molar-refractivity contribution in [3.63, 3.8) is 0 Å². The average molecular weight is 234 g/mol. The molecular weight excluding hydrogens is 214 g/mol. The fourth-order valence-electron chi connectivity index (χ4n) is 2.04. The maximum absolute atomic E-state index is 11.7. The van der Waals surface area contributed by atoms with Crippen LogP contribution in [0.3, 0.4) is 0 Å². The lowest BCUT2D eigenvalue weighted by Crippen LogP contribution is -2.41. The standard InChI is InChI=1S/C11H20ClNO2/c1-15-9-10-4-3-7-13(8-10)11(14)5-2-6-12/h10H,2-9H2,1H3. The van der Waals surface area contributed by atoms with Crippen LogP contribution >= 0.6 is 11.6 Å². The number of amides is 1. The number of hydrogen-bond donors (Lipinski definition) is 0. The van der Waals surface area contributed by atoms with E-state index in [2.05, 4.69) is 0 Å². The van der Waals surface area contributed by atoms with Crippen LogP contribution in [0.2, 0.25) is 0 Å². The summed E-state index contributed by atoms with van der Waals surface area (Å²) in [4.78, 5) is 13.7. The topological polar surface area (TPSA) is 29.5 Å². The molecule has 0 aromatic rings. The predicted octanol–water partition coefficient (Wildman–Crippen LogP) is 1.89. The number of carbonyl (C=O) groups is 1. The van der Waals surface area contributed by atoms with E-state index < -0.39 is 0 Å². The zero-order valence-electron chi connectivity index (χ0n) is 9.38. The second kappa shape index (κ2) is 7.07. The van der Waals surface area contributed by atoms with Crippen LogP contribution in [0.25, 0.3) is 0 Å². The SMILES string of the molecule is COCC1CCCN(C(=O)CCCCl)C1. The highest BCUT2D eigenvalue weighted by Crippen LogP contribution is 2.17. The molecule has 4 heteroatoms. The van der Waals surface area contributed by atoms with Crippen molar-refractivity contribution in [2.45, 2.75) is 25.7 Å². The van der Waals surface area contributed by atoms with E-state index in [-0.39, 0.29) is 5.91 Å². The Morgan fingerprint density at radius 2 is 2.40 bits per heavy atom. The molecule has 0 aromatic carbocycles. The van der Waals surface area contributed by atoms with E-state index in [9.17, 15) is 4.79 Å². The summed E-state index contributed by atoms with van der Waals surface area (Å²) in [5.74, 6) is 1.33. The first-order valence-electron chi connectivity index (χ1n) is 5.60. The van der Waals surface area contributed by atoms with Crippen molar-refractivity contribution in [2.24, 2.45) is 5.92 Å². The highest BCUT2D eigenvalue weighted by Gasteiger charge is 2.22. The van der Waals surface area contributed by atoms with E-state index in [1.54, 1.807) is 7.11 Å². The second-order valence-corrected chi connectivity index (χ2v) is 4.47. The van der Waals surface area contributed by atoms with Gasteiger partial charge in [-0.05, 0) is 25.2 Å². The molecule has 0 bridgehead atoms. The van der Waals surface area contributed by atoms with E-state index in [0.29, 0.717) is 18.2 Å². The first-order chi connectivity index (χ1) is 7.27. The summed E-state index contributed by atoms with van der Waals surface area (Å²) < 4.78 is 5.13. The average Bonchev–Trinajstić information content (AvgIpc) is 2.27. The lowest BCUT2D eigenvalue weighted by atomic mass is 9.98. The maximum atomic E-state index is 11.7. The first-order valence-corrected chi connectivity index (χ1v) is 6.14. The first kappa shape index (κ1) is 12.8. The van der Waals surface area contributed by atoms with Crippen LogP contribution in [0.1, 0.15) is 25.7 Å². The van der Waals surface area contributed by atoms with Crippen molar-refractivity contribution in [2.75, 3.05) is 32.7 Å². The van der Waals surface area contributed by atoms with E-state index in [1.807, 2.05) is 4.90 Å². The molecule has 0 radical (unpaired) electrons. The van der Waals surface area contributed by atoms with Crippen LogP contribution in [0.5, 0.6) is 0 Å². The summed E-state index contributed by atoms with van der Waals surface area (Å²) in [7, 11) is 1.72. The van der Waals surface area contributed by atoms with Crippen molar-refractivity contribution in [3.8, 4) is 0 Å². The van der Waals surface area contributed by atoms with E-state index in [0.717, 1.165) is 32.5 Å². The number of alkyl halides is 1. The van der Waals surface area contributed by atoms with Gasteiger partial charge in [0, 0.05) is 32.5 Å². The van der Waals surface area contributed by atoms with Crippen LogP contribution in [0, 0.1) is 5.92 Å². The minimum absolute atomic E-state index is 0.247. The Hall–Kier alpha value is -0.280. The van der Waals surface area contributed by atoms with E-state index >= 15 is 0 Å². The molecular formula is C11H20ClNO2. The van der Waals surface area contributed by atoms with Crippen molar-refractivity contribution in [1.29, 1.82) is 0 Å². The van der Waals surface area contributed by atoms with Gasteiger partial charge in [0.05, 0.1) is 6.61 Å². The van der Waals surface area contributed by atoms with Crippen LogP contribution in [-0.4, -0.2) is 43.5 Å². The molecule has 15 heavy (non-hydrogen) atoms. The van der Waals surface area contributed by atoms with Crippen molar-refractivity contribution in [1.82, 2.24) is 4.90 Å². The minimum Gasteiger partial charge on any atom is -0.384 e. The van der Waals surface area contributed by atoms with Crippen molar-refractivity contribution >= 4 is 17.5 Å². The molecule has 1 aliphatic rings. The summed E-state index contributed by atoms with van der Waals surface area (Å²) in [5, 5.41) is 0. The van der Waals surface area contributed by atoms with Gasteiger partial charge in [-0.1, -0.05) is 0 Å². The summed E-state index contributed by atoms with van der Waals surface area (Å²) in [5.41, 5.74) is 0.